The molecule has 7 heteroatoms. The van der Waals surface area contributed by atoms with Gasteiger partial charge in [0.15, 0.2) is 0 Å². The van der Waals surface area contributed by atoms with Crippen LogP contribution in [-0.2, 0) is 11.3 Å². The van der Waals surface area contributed by atoms with Gasteiger partial charge in [-0.2, -0.15) is 13.2 Å². The van der Waals surface area contributed by atoms with Crippen LogP contribution in [0.4, 0.5) is 13.2 Å². The standard InChI is InChI=1S/C12H17F3N2O2/c1-9-3-4-11(10(17-9)7-16-2)19-6-5-18-8-12(13,14)15/h3-4,16H,5-8H2,1-2H3. The fourth-order valence-corrected chi connectivity index (χ4v) is 1.42. The zero-order valence-electron chi connectivity index (χ0n) is 10.9. The first-order valence-electron chi connectivity index (χ1n) is 5.81. The van der Waals surface area contributed by atoms with Crippen LogP contribution < -0.4 is 10.1 Å². The fraction of sp³-hybridized carbons (Fsp3) is 0.583. The van der Waals surface area contributed by atoms with Crippen molar-refractivity contribution in [1.29, 1.82) is 0 Å². The van der Waals surface area contributed by atoms with Crippen molar-refractivity contribution in [2.24, 2.45) is 0 Å². The second-order valence-corrected chi connectivity index (χ2v) is 3.94. The van der Waals surface area contributed by atoms with Gasteiger partial charge in [-0.25, -0.2) is 0 Å². The molecule has 0 atom stereocenters. The Balaban J connectivity index is 2.40. The lowest BCUT2D eigenvalue weighted by atomic mass is 10.3. The summed E-state index contributed by atoms with van der Waals surface area (Å²) in [5, 5.41) is 2.95. The Labute approximate surface area is 109 Å². The van der Waals surface area contributed by atoms with Crippen LogP contribution in [0.3, 0.4) is 0 Å². The maximum absolute atomic E-state index is 11.8. The maximum Gasteiger partial charge on any atom is 0.411 e. The van der Waals surface area contributed by atoms with Crippen molar-refractivity contribution in [2.75, 3.05) is 26.9 Å². The Hall–Kier alpha value is -1.34. The Kier molecular flexibility index (Phi) is 6.04. The van der Waals surface area contributed by atoms with E-state index in [2.05, 4.69) is 15.0 Å². The van der Waals surface area contributed by atoms with Crippen molar-refractivity contribution in [3.8, 4) is 5.75 Å². The van der Waals surface area contributed by atoms with Gasteiger partial charge in [-0.05, 0) is 26.1 Å². The molecule has 1 heterocycles. The van der Waals surface area contributed by atoms with E-state index in [4.69, 9.17) is 4.74 Å². The number of nitrogens with one attached hydrogen (secondary N) is 1. The van der Waals surface area contributed by atoms with Gasteiger partial charge >= 0.3 is 6.18 Å². The molecule has 1 aromatic heterocycles. The molecule has 108 valence electrons. The molecule has 4 nitrogen and oxygen atoms in total. The van der Waals surface area contributed by atoms with Gasteiger partial charge in [0.1, 0.15) is 19.0 Å². The molecule has 0 aliphatic rings. The largest absolute Gasteiger partial charge is 0.489 e. The Bertz CT molecular complexity index is 397. The summed E-state index contributed by atoms with van der Waals surface area (Å²) in [6.45, 7) is 1.06. The molecule has 0 aliphatic carbocycles. The molecule has 0 aromatic carbocycles. The Morgan fingerprint density at radius 1 is 1.26 bits per heavy atom. The summed E-state index contributed by atoms with van der Waals surface area (Å²) in [6, 6.07) is 3.53. The number of aryl methyl sites for hydroxylation is 1. The highest BCUT2D eigenvalue weighted by Crippen LogP contribution is 2.17. The SMILES string of the molecule is CNCc1nc(C)ccc1OCCOCC(F)(F)F. The molecule has 0 bridgehead atoms. The van der Waals surface area contributed by atoms with Crippen LogP contribution in [0.15, 0.2) is 12.1 Å². The molecular formula is C12H17F3N2O2. The smallest absolute Gasteiger partial charge is 0.411 e. The van der Waals surface area contributed by atoms with E-state index in [0.717, 1.165) is 11.4 Å². The van der Waals surface area contributed by atoms with Crippen LogP contribution in [0, 0.1) is 6.92 Å². The zero-order chi connectivity index (χ0) is 14.3. The average molecular weight is 278 g/mol. The lowest BCUT2D eigenvalue weighted by Gasteiger charge is -2.12. The molecule has 0 fully saturated rings. The van der Waals surface area contributed by atoms with Crippen molar-refractivity contribution < 1.29 is 22.6 Å². The molecule has 0 radical (unpaired) electrons. The molecular weight excluding hydrogens is 261 g/mol. The second kappa shape index (κ2) is 7.30. The van der Waals surface area contributed by atoms with E-state index in [1.165, 1.54) is 0 Å². The Morgan fingerprint density at radius 2 is 2.00 bits per heavy atom. The summed E-state index contributed by atoms with van der Waals surface area (Å²) in [5.41, 5.74) is 1.57. The Morgan fingerprint density at radius 3 is 2.63 bits per heavy atom. The van der Waals surface area contributed by atoms with E-state index in [9.17, 15) is 13.2 Å². The van der Waals surface area contributed by atoms with E-state index < -0.39 is 12.8 Å². The van der Waals surface area contributed by atoms with Gasteiger partial charge in [-0.15, -0.1) is 0 Å². The minimum Gasteiger partial charge on any atom is -0.489 e. The first-order chi connectivity index (χ1) is 8.92. The van der Waals surface area contributed by atoms with Gasteiger partial charge < -0.3 is 14.8 Å². The highest BCUT2D eigenvalue weighted by molar-refractivity contribution is 5.29. The molecule has 1 N–H and O–H groups in total. The van der Waals surface area contributed by atoms with E-state index in [1.807, 2.05) is 6.92 Å². The quantitative estimate of drug-likeness (QED) is 0.775. The molecule has 0 spiro atoms. The number of ether oxygens (including phenoxy) is 2. The minimum atomic E-state index is -4.30. The predicted molar refractivity (Wildman–Crippen MR) is 64.1 cm³/mol. The van der Waals surface area contributed by atoms with E-state index in [-0.39, 0.29) is 13.2 Å². The van der Waals surface area contributed by atoms with Crippen molar-refractivity contribution >= 4 is 0 Å². The van der Waals surface area contributed by atoms with Crippen molar-refractivity contribution in [3.63, 3.8) is 0 Å². The van der Waals surface area contributed by atoms with E-state index in [0.29, 0.717) is 12.3 Å². The highest BCUT2D eigenvalue weighted by atomic mass is 19.4. The van der Waals surface area contributed by atoms with Gasteiger partial charge in [0.2, 0.25) is 0 Å². The third-order valence-corrected chi connectivity index (χ3v) is 2.17. The van der Waals surface area contributed by atoms with E-state index in [1.54, 1.807) is 19.2 Å². The van der Waals surface area contributed by atoms with Gasteiger partial charge in [-0.1, -0.05) is 0 Å². The normalized spacial score (nSPS) is 11.6. The fourth-order valence-electron chi connectivity index (χ4n) is 1.42. The summed E-state index contributed by atoms with van der Waals surface area (Å²) < 4.78 is 45.3. The number of rotatable bonds is 7. The summed E-state index contributed by atoms with van der Waals surface area (Å²) in [4.78, 5) is 4.29. The minimum absolute atomic E-state index is 0.0531. The van der Waals surface area contributed by atoms with Crippen LogP contribution >= 0.6 is 0 Å². The number of hydrogen-bond acceptors (Lipinski definition) is 4. The summed E-state index contributed by atoms with van der Waals surface area (Å²) in [5.74, 6) is 0.551. The van der Waals surface area contributed by atoms with E-state index >= 15 is 0 Å². The lowest BCUT2D eigenvalue weighted by Crippen LogP contribution is -2.20. The molecule has 1 rings (SSSR count). The van der Waals surface area contributed by atoms with Gasteiger partial charge in [-0.3, -0.25) is 4.98 Å². The molecule has 0 saturated heterocycles. The van der Waals surface area contributed by atoms with Crippen LogP contribution in [0.25, 0.3) is 0 Å². The number of pyridine rings is 1. The molecule has 0 amide bonds. The monoisotopic (exact) mass is 278 g/mol. The number of hydrogen-bond donors (Lipinski definition) is 1. The molecule has 1 aromatic rings. The first kappa shape index (κ1) is 15.7. The topological polar surface area (TPSA) is 43.4 Å². The average Bonchev–Trinajstić information content (AvgIpc) is 2.30. The highest BCUT2D eigenvalue weighted by Gasteiger charge is 2.27. The summed E-state index contributed by atoms with van der Waals surface area (Å²) in [6.07, 6.45) is -4.30. The van der Waals surface area contributed by atoms with Gasteiger partial charge in [0.25, 0.3) is 0 Å². The van der Waals surface area contributed by atoms with Gasteiger partial charge in [0, 0.05) is 12.2 Å². The number of alkyl halides is 3. The predicted octanol–water partition coefficient (Wildman–Crippen LogP) is 2.07. The molecule has 0 aliphatic heterocycles. The third kappa shape index (κ3) is 6.40. The van der Waals surface area contributed by atoms with Crippen LogP contribution in [0.2, 0.25) is 0 Å². The van der Waals surface area contributed by atoms with Crippen molar-refractivity contribution in [1.82, 2.24) is 10.3 Å². The molecule has 0 unspecified atom stereocenters. The molecule has 0 saturated carbocycles. The van der Waals surface area contributed by atoms with Crippen molar-refractivity contribution in [3.05, 3.63) is 23.5 Å². The van der Waals surface area contributed by atoms with Gasteiger partial charge in [0.05, 0.1) is 12.3 Å². The second-order valence-electron chi connectivity index (χ2n) is 3.94. The third-order valence-electron chi connectivity index (χ3n) is 2.17. The number of halogens is 3. The zero-order valence-corrected chi connectivity index (χ0v) is 10.9. The number of aromatic nitrogens is 1. The molecule has 19 heavy (non-hydrogen) atoms. The van der Waals surface area contributed by atoms with Crippen LogP contribution in [0.5, 0.6) is 5.75 Å². The number of nitrogens with zero attached hydrogens (tertiary/aromatic N) is 1. The van der Waals surface area contributed by atoms with Crippen LogP contribution in [0.1, 0.15) is 11.4 Å². The van der Waals surface area contributed by atoms with Crippen LogP contribution in [-0.4, -0.2) is 38.0 Å². The first-order valence-corrected chi connectivity index (χ1v) is 5.81. The lowest BCUT2D eigenvalue weighted by molar-refractivity contribution is -0.175. The van der Waals surface area contributed by atoms with Crippen molar-refractivity contribution in [2.45, 2.75) is 19.6 Å². The summed E-state index contributed by atoms with van der Waals surface area (Å²) in [7, 11) is 1.78. The maximum atomic E-state index is 11.8. The summed E-state index contributed by atoms with van der Waals surface area (Å²) >= 11 is 0.